The molecule has 0 radical (unpaired) electrons. The zero-order valence-corrected chi connectivity index (χ0v) is 19.7. The Balaban J connectivity index is 1.58. The van der Waals surface area contributed by atoms with E-state index in [4.69, 9.17) is 15.5 Å². The minimum Gasteiger partial charge on any atom is -0.382 e. The molecule has 9 heteroatoms. The number of amides is 1. The van der Waals surface area contributed by atoms with E-state index in [9.17, 15) is 4.79 Å². The maximum absolute atomic E-state index is 12.7. The van der Waals surface area contributed by atoms with E-state index in [2.05, 4.69) is 32.1 Å². The highest BCUT2D eigenvalue weighted by molar-refractivity contribution is 6.03. The third-order valence-corrected chi connectivity index (χ3v) is 6.20. The first kappa shape index (κ1) is 23.7. The minimum absolute atomic E-state index is 0.134. The molecular formula is C25H33N7O2. The zero-order valence-electron chi connectivity index (χ0n) is 19.7. The van der Waals surface area contributed by atoms with E-state index < -0.39 is 0 Å². The van der Waals surface area contributed by atoms with E-state index in [1.54, 1.807) is 24.5 Å². The van der Waals surface area contributed by atoms with Crippen LogP contribution in [0.25, 0.3) is 0 Å². The number of piperidine rings is 1. The molecule has 1 amide bonds. The number of hydrogen-bond acceptors (Lipinski definition) is 7. The smallest absolute Gasteiger partial charge is 0.251 e. The lowest BCUT2D eigenvalue weighted by Gasteiger charge is -2.27. The van der Waals surface area contributed by atoms with Crippen molar-refractivity contribution in [2.75, 3.05) is 43.1 Å². The summed E-state index contributed by atoms with van der Waals surface area (Å²) in [5, 5.41) is 6.04. The molecule has 0 bridgehead atoms. The molecule has 34 heavy (non-hydrogen) atoms. The molecule has 180 valence electrons. The maximum atomic E-state index is 12.7. The number of benzene rings is 1. The molecule has 1 atom stereocenters. The molecule has 2 aliphatic rings. The summed E-state index contributed by atoms with van der Waals surface area (Å²) in [4.78, 5) is 28.8. The number of nitrogens with zero attached hydrogens (tertiary/aromatic N) is 4. The molecule has 0 spiro atoms. The Bertz CT molecular complexity index is 1060. The van der Waals surface area contributed by atoms with Gasteiger partial charge in [0.1, 0.15) is 5.69 Å². The van der Waals surface area contributed by atoms with Crippen molar-refractivity contribution in [3.8, 4) is 0 Å². The van der Waals surface area contributed by atoms with Gasteiger partial charge in [-0.15, -0.1) is 0 Å². The Morgan fingerprint density at radius 2 is 2.18 bits per heavy atom. The van der Waals surface area contributed by atoms with Crippen LogP contribution < -0.4 is 21.3 Å². The molecule has 1 aromatic carbocycles. The van der Waals surface area contributed by atoms with Crippen LogP contribution in [0.4, 0.5) is 17.3 Å². The molecule has 2 aromatic rings. The van der Waals surface area contributed by atoms with Gasteiger partial charge >= 0.3 is 0 Å². The third kappa shape index (κ3) is 5.72. The number of rotatable bonds is 8. The Labute approximate surface area is 200 Å². The van der Waals surface area contributed by atoms with Gasteiger partial charge in [-0.05, 0) is 56.5 Å². The molecule has 1 unspecified atom stereocenters. The number of nitrogens with two attached hydrogens (primary N) is 1. The van der Waals surface area contributed by atoms with Crippen molar-refractivity contribution < 1.29 is 9.53 Å². The van der Waals surface area contributed by atoms with Crippen LogP contribution in [0.1, 0.15) is 47.3 Å². The molecule has 2 aliphatic heterocycles. The van der Waals surface area contributed by atoms with E-state index >= 15 is 0 Å². The number of ether oxygens (including phenoxy) is 1. The van der Waals surface area contributed by atoms with Gasteiger partial charge in [-0.2, -0.15) is 0 Å². The fraction of sp³-hybridized carbons (Fsp3) is 0.440. The number of anilines is 2. The first-order valence-electron chi connectivity index (χ1n) is 11.9. The van der Waals surface area contributed by atoms with Crippen molar-refractivity contribution in [2.45, 2.75) is 32.6 Å². The largest absolute Gasteiger partial charge is 0.382 e. The summed E-state index contributed by atoms with van der Waals surface area (Å²) in [7, 11) is 0. The highest BCUT2D eigenvalue weighted by Gasteiger charge is 2.19. The lowest BCUT2D eigenvalue weighted by atomic mass is 10.1. The van der Waals surface area contributed by atoms with Crippen molar-refractivity contribution >= 4 is 29.1 Å². The highest BCUT2D eigenvalue weighted by atomic mass is 16.5. The van der Waals surface area contributed by atoms with E-state index in [0.717, 1.165) is 44.5 Å². The van der Waals surface area contributed by atoms with E-state index in [1.807, 2.05) is 13.0 Å². The molecule has 4 rings (SSSR count). The predicted molar refractivity (Wildman–Crippen MR) is 135 cm³/mol. The Kier molecular flexibility index (Phi) is 7.74. The fourth-order valence-electron chi connectivity index (χ4n) is 4.17. The van der Waals surface area contributed by atoms with E-state index in [-0.39, 0.29) is 11.7 Å². The van der Waals surface area contributed by atoms with Crippen molar-refractivity contribution in [1.29, 1.82) is 0 Å². The average Bonchev–Trinajstić information content (AvgIpc) is 3.38. The van der Waals surface area contributed by atoms with Gasteiger partial charge in [0.25, 0.3) is 5.91 Å². The van der Waals surface area contributed by atoms with Crippen LogP contribution in [0.15, 0.2) is 42.2 Å². The summed E-state index contributed by atoms with van der Waals surface area (Å²) >= 11 is 0. The van der Waals surface area contributed by atoms with Crippen LogP contribution in [0, 0.1) is 12.8 Å². The summed E-state index contributed by atoms with van der Waals surface area (Å²) < 4.78 is 5.38. The molecule has 9 nitrogen and oxygen atoms in total. The Morgan fingerprint density at radius 3 is 2.91 bits per heavy atom. The van der Waals surface area contributed by atoms with Crippen LogP contribution in [0.2, 0.25) is 0 Å². The first-order valence-corrected chi connectivity index (χ1v) is 11.9. The molecule has 0 saturated carbocycles. The van der Waals surface area contributed by atoms with E-state index in [1.165, 1.54) is 6.42 Å². The van der Waals surface area contributed by atoms with Gasteiger partial charge in [-0.1, -0.05) is 12.6 Å². The molecule has 2 saturated heterocycles. The normalized spacial score (nSPS) is 18.6. The third-order valence-electron chi connectivity index (χ3n) is 6.20. The quantitative estimate of drug-likeness (QED) is 0.407. The van der Waals surface area contributed by atoms with Gasteiger partial charge in [-0.25, -0.2) is 15.0 Å². The van der Waals surface area contributed by atoms with Crippen LogP contribution in [0.5, 0.6) is 0 Å². The van der Waals surface area contributed by atoms with Crippen molar-refractivity contribution in [1.82, 2.24) is 15.3 Å². The van der Waals surface area contributed by atoms with Crippen LogP contribution in [0.3, 0.4) is 0 Å². The number of carbonyl (C=O) groups excluding carboxylic acids is 1. The predicted octanol–water partition coefficient (Wildman–Crippen LogP) is 3.13. The monoisotopic (exact) mass is 463 g/mol. The highest BCUT2D eigenvalue weighted by Crippen LogP contribution is 2.24. The summed E-state index contributed by atoms with van der Waals surface area (Å²) in [5.74, 6) is 1.12. The van der Waals surface area contributed by atoms with Crippen molar-refractivity contribution in [3.63, 3.8) is 0 Å². The number of aromatic nitrogens is 2. The molecule has 0 aliphatic carbocycles. The SMILES string of the molecule is C=CNc1cnc(N2CCCCC2)nc1C(N)=Nc1cc(C(=O)NCC2CCOC2)ccc1C. The standard InChI is InChI=1S/C25H33N7O2/c1-3-27-21-15-29-25(32-10-5-4-6-11-32)31-22(21)23(26)30-20-13-19(8-7-17(20)2)24(33)28-14-18-9-12-34-16-18/h3,7-8,13,15,18,27H,1,4-6,9-12,14,16H2,2H3,(H2,26,30)(H,28,33). The summed E-state index contributed by atoms with van der Waals surface area (Å²) in [6, 6.07) is 5.44. The number of nitrogens with one attached hydrogen (secondary N) is 2. The fourth-order valence-corrected chi connectivity index (χ4v) is 4.17. The lowest BCUT2D eigenvalue weighted by molar-refractivity contribution is 0.0945. The minimum atomic E-state index is -0.134. The Morgan fingerprint density at radius 1 is 1.35 bits per heavy atom. The number of amidine groups is 1. The van der Waals surface area contributed by atoms with Gasteiger partial charge in [0.05, 0.1) is 24.2 Å². The second-order valence-corrected chi connectivity index (χ2v) is 8.77. The molecule has 3 heterocycles. The Hall–Kier alpha value is -3.46. The molecule has 1 aromatic heterocycles. The first-order chi connectivity index (χ1) is 16.5. The topological polar surface area (TPSA) is 118 Å². The van der Waals surface area contributed by atoms with Gasteiger partial charge in [0.15, 0.2) is 5.84 Å². The zero-order chi connectivity index (χ0) is 23.9. The number of aryl methyl sites for hydroxylation is 1. The van der Waals surface area contributed by atoms with Crippen LogP contribution >= 0.6 is 0 Å². The van der Waals surface area contributed by atoms with Gasteiger partial charge in [-0.3, -0.25) is 4.79 Å². The number of aliphatic imine (C=N–C) groups is 1. The van der Waals surface area contributed by atoms with E-state index in [0.29, 0.717) is 47.7 Å². The van der Waals surface area contributed by atoms with Gasteiger partial charge in [0, 0.05) is 37.7 Å². The maximum Gasteiger partial charge on any atom is 0.251 e. The second-order valence-electron chi connectivity index (χ2n) is 8.77. The van der Waals surface area contributed by atoms with Crippen LogP contribution in [-0.2, 0) is 4.74 Å². The van der Waals surface area contributed by atoms with Crippen molar-refractivity contribution in [2.24, 2.45) is 16.6 Å². The summed E-state index contributed by atoms with van der Waals surface area (Å²) in [5.41, 5.74) is 9.65. The molecule has 4 N–H and O–H groups in total. The summed E-state index contributed by atoms with van der Waals surface area (Å²) in [6.07, 6.45) is 7.70. The van der Waals surface area contributed by atoms with Crippen LogP contribution in [-0.4, -0.2) is 54.6 Å². The van der Waals surface area contributed by atoms with Gasteiger partial charge < -0.3 is 26.0 Å². The molecule has 2 fully saturated rings. The number of carbonyl (C=O) groups is 1. The molecular weight excluding hydrogens is 430 g/mol. The number of hydrogen-bond donors (Lipinski definition) is 3. The average molecular weight is 464 g/mol. The second kappa shape index (κ2) is 11.1. The summed E-state index contributed by atoms with van der Waals surface area (Å²) in [6.45, 7) is 9.57. The van der Waals surface area contributed by atoms with Gasteiger partial charge in [0.2, 0.25) is 5.95 Å². The van der Waals surface area contributed by atoms with Crippen molar-refractivity contribution in [3.05, 3.63) is 54.0 Å². The lowest BCUT2D eigenvalue weighted by Crippen LogP contribution is -2.32.